The zero-order valence-electron chi connectivity index (χ0n) is 17.5. The second-order valence-corrected chi connectivity index (χ2v) is 7.23. The number of rotatable bonds is 7. The lowest BCUT2D eigenvalue weighted by atomic mass is 10.1. The van der Waals surface area contributed by atoms with E-state index >= 15 is 0 Å². The number of hydrogen-bond donors (Lipinski definition) is 2. The van der Waals surface area contributed by atoms with Crippen LogP contribution in [0.4, 0.5) is 0 Å². The summed E-state index contributed by atoms with van der Waals surface area (Å²) in [6, 6.07) is 7.94. The molecule has 0 aromatic heterocycles. The first-order valence-electron chi connectivity index (χ1n) is 10.1. The van der Waals surface area contributed by atoms with Crippen LogP contribution in [-0.2, 0) is 11.2 Å². The van der Waals surface area contributed by atoms with Gasteiger partial charge in [0.25, 0.3) is 5.91 Å². The summed E-state index contributed by atoms with van der Waals surface area (Å²) in [5.41, 5.74) is 1.79. The molecule has 0 aliphatic carbocycles. The number of amides is 2. The zero-order chi connectivity index (χ0) is 20.5. The number of hydrogen-bond acceptors (Lipinski definition) is 3. The Labute approximate surface area is 168 Å². The molecule has 1 aliphatic rings. The second-order valence-electron chi connectivity index (χ2n) is 7.23. The highest BCUT2D eigenvalue weighted by Crippen LogP contribution is 2.11. The van der Waals surface area contributed by atoms with Crippen LogP contribution >= 0.6 is 0 Å². The first kappa shape index (κ1) is 21.7. The molecule has 1 aromatic carbocycles. The average Bonchev–Trinajstić information content (AvgIpc) is 3.15. The van der Waals surface area contributed by atoms with Gasteiger partial charge in [-0.05, 0) is 37.5 Å². The van der Waals surface area contributed by atoms with Crippen LogP contribution in [0.2, 0.25) is 0 Å². The molecule has 1 saturated heterocycles. The van der Waals surface area contributed by atoms with Gasteiger partial charge in [0.15, 0.2) is 5.96 Å². The Kier molecular flexibility index (Phi) is 8.29. The summed E-state index contributed by atoms with van der Waals surface area (Å²) >= 11 is 0. The lowest BCUT2D eigenvalue weighted by molar-refractivity contribution is -0.129. The number of aliphatic imine (C=N–C) groups is 1. The molecule has 0 spiro atoms. The Morgan fingerprint density at radius 2 is 2.07 bits per heavy atom. The molecule has 2 rings (SSSR count). The van der Waals surface area contributed by atoms with Crippen molar-refractivity contribution in [1.82, 2.24) is 20.4 Å². The minimum Gasteiger partial charge on any atom is -0.357 e. The van der Waals surface area contributed by atoms with E-state index < -0.39 is 0 Å². The molecule has 1 aromatic rings. The van der Waals surface area contributed by atoms with E-state index in [1.165, 1.54) is 0 Å². The molecular weight excluding hydrogens is 354 g/mol. The Morgan fingerprint density at radius 3 is 2.75 bits per heavy atom. The SMILES string of the molecule is CCNC(=NCCc1cccc(C(=O)N(C)C)c1)NC1CCN(C(=O)CC)C1. The molecule has 154 valence electrons. The maximum Gasteiger partial charge on any atom is 0.253 e. The average molecular weight is 388 g/mol. The molecule has 1 heterocycles. The van der Waals surface area contributed by atoms with Crippen molar-refractivity contribution in [3.63, 3.8) is 0 Å². The van der Waals surface area contributed by atoms with Gasteiger partial charge in [0.2, 0.25) is 5.91 Å². The summed E-state index contributed by atoms with van der Waals surface area (Å²) in [6.07, 6.45) is 2.25. The largest absolute Gasteiger partial charge is 0.357 e. The van der Waals surface area contributed by atoms with Crippen molar-refractivity contribution in [2.45, 2.75) is 39.2 Å². The van der Waals surface area contributed by atoms with Crippen molar-refractivity contribution in [3.8, 4) is 0 Å². The molecule has 1 aliphatic heterocycles. The van der Waals surface area contributed by atoms with E-state index in [0.29, 0.717) is 18.5 Å². The smallest absolute Gasteiger partial charge is 0.253 e. The normalized spacial score (nSPS) is 16.8. The van der Waals surface area contributed by atoms with Gasteiger partial charge in [-0.2, -0.15) is 0 Å². The lowest BCUT2D eigenvalue weighted by Crippen LogP contribution is -2.45. The standard InChI is InChI=1S/C21H33N5O2/c1-5-19(27)26-13-11-18(15-26)24-21(22-6-2)23-12-10-16-8-7-9-17(14-16)20(28)25(3)4/h7-9,14,18H,5-6,10-13,15H2,1-4H3,(H2,22,23,24). The topological polar surface area (TPSA) is 77.0 Å². The first-order valence-corrected chi connectivity index (χ1v) is 10.1. The summed E-state index contributed by atoms with van der Waals surface area (Å²) in [5, 5.41) is 6.71. The van der Waals surface area contributed by atoms with Crippen molar-refractivity contribution in [1.29, 1.82) is 0 Å². The van der Waals surface area contributed by atoms with E-state index in [0.717, 1.165) is 44.0 Å². The van der Waals surface area contributed by atoms with Gasteiger partial charge in [0, 0.05) is 58.3 Å². The van der Waals surface area contributed by atoms with Crippen LogP contribution in [0, 0.1) is 0 Å². The van der Waals surface area contributed by atoms with Gasteiger partial charge in [-0.1, -0.05) is 19.1 Å². The molecule has 1 fully saturated rings. The van der Waals surface area contributed by atoms with Crippen LogP contribution in [0.5, 0.6) is 0 Å². The van der Waals surface area contributed by atoms with E-state index in [1.807, 2.05) is 43.0 Å². The van der Waals surface area contributed by atoms with Crippen LogP contribution < -0.4 is 10.6 Å². The number of likely N-dealkylation sites (tertiary alicyclic amines) is 1. The highest BCUT2D eigenvalue weighted by atomic mass is 16.2. The number of carbonyl (C=O) groups excluding carboxylic acids is 2. The molecule has 28 heavy (non-hydrogen) atoms. The highest BCUT2D eigenvalue weighted by molar-refractivity contribution is 5.94. The fraction of sp³-hybridized carbons (Fsp3) is 0.571. The van der Waals surface area contributed by atoms with Crippen molar-refractivity contribution in [3.05, 3.63) is 35.4 Å². The second kappa shape index (κ2) is 10.7. The summed E-state index contributed by atoms with van der Waals surface area (Å²) < 4.78 is 0. The third-order valence-corrected chi connectivity index (χ3v) is 4.78. The third kappa shape index (κ3) is 6.25. The summed E-state index contributed by atoms with van der Waals surface area (Å²) in [6.45, 7) is 6.87. The molecule has 2 N–H and O–H groups in total. The van der Waals surface area contributed by atoms with Crippen molar-refractivity contribution >= 4 is 17.8 Å². The Bertz CT molecular complexity index is 702. The van der Waals surface area contributed by atoms with Gasteiger partial charge in [-0.15, -0.1) is 0 Å². The van der Waals surface area contributed by atoms with Gasteiger partial charge in [0.1, 0.15) is 0 Å². The maximum atomic E-state index is 12.1. The Balaban J connectivity index is 1.92. The molecule has 7 heteroatoms. The monoisotopic (exact) mass is 387 g/mol. The zero-order valence-corrected chi connectivity index (χ0v) is 17.5. The van der Waals surface area contributed by atoms with E-state index in [4.69, 9.17) is 0 Å². The number of nitrogens with one attached hydrogen (secondary N) is 2. The van der Waals surface area contributed by atoms with Crippen molar-refractivity contribution < 1.29 is 9.59 Å². The van der Waals surface area contributed by atoms with Gasteiger partial charge in [-0.3, -0.25) is 14.6 Å². The first-order chi connectivity index (χ1) is 13.4. The summed E-state index contributed by atoms with van der Waals surface area (Å²) in [4.78, 5) is 32.1. The van der Waals surface area contributed by atoms with Gasteiger partial charge in [-0.25, -0.2) is 0 Å². The number of nitrogens with zero attached hydrogens (tertiary/aromatic N) is 3. The highest BCUT2D eigenvalue weighted by Gasteiger charge is 2.25. The molecule has 1 unspecified atom stereocenters. The van der Waals surface area contributed by atoms with Crippen molar-refractivity contribution in [2.24, 2.45) is 4.99 Å². The lowest BCUT2D eigenvalue weighted by Gasteiger charge is -2.18. The van der Waals surface area contributed by atoms with Crippen LogP contribution in [0.3, 0.4) is 0 Å². The number of guanidine groups is 1. The molecule has 0 radical (unpaired) electrons. The van der Waals surface area contributed by atoms with Gasteiger partial charge < -0.3 is 20.4 Å². The van der Waals surface area contributed by atoms with E-state index in [1.54, 1.807) is 19.0 Å². The van der Waals surface area contributed by atoms with E-state index in [9.17, 15) is 9.59 Å². The Morgan fingerprint density at radius 1 is 1.29 bits per heavy atom. The molecule has 1 atom stereocenters. The van der Waals surface area contributed by atoms with Gasteiger partial charge in [0.05, 0.1) is 0 Å². The molecular formula is C21H33N5O2. The third-order valence-electron chi connectivity index (χ3n) is 4.78. The fourth-order valence-electron chi connectivity index (χ4n) is 3.26. The Hall–Kier alpha value is -2.57. The van der Waals surface area contributed by atoms with Crippen LogP contribution in [0.15, 0.2) is 29.3 Å². The predicted octanol–water partition coefficient (Wildman–Crippen LogP) is 1.50. The van der Waals surface area contributed by atoms with Crippen LogP contribution in [0.25, 0.3) is 0 Å². The fourth-order valence-corrected chi connectivity index (χ4v) is 3.26. The molecule has 0 saturated carbocycles. The van der Waals surface area contributed by atoms with Crippen LogP contribution in [-0.4, -0.2) is 73.9 Å². The van der Waals surface area contributed by atoms with E-state index in [-0.39, 0.29) is 17.9 Å². The number of carbonyl (C=O) groups is 2. The minimum absolute atomic E-state index is 0.00720. The number of benzene rings is 1. The van der Waals surface area contributed by atoms with Gasteiger partial charge >= 0.3 is 0 Å². The van der Waals surface area contributed by atoms with Crippen molar-refractivity contribution in [2.75, 3.05) is 40.3 Å². The minimum atomic E-state index is 0.00720. The summed E-state index contributed by atoms with van der Waals surface area (Å²) in [7, 11) is 3.51. The summed E-state index contributed by atoms with van der Waals surface area (Å²) in [5.74, 6) is 0.991. The van der Waals surface area contributed by atoms with Crippen LogP contribution in [0.1, 0.15) is 42.6 Å². The maximum absolute atomic E-state index is 12.1. The predicted molar refractivity (Wildman–Crippen MR) is 113 cm³/mol. The van der Waals surface area contributed by atoms with E-state index in [2.05, 4.69) is 15.6 Å². The molecule has 7 nitrogen and oxygen atoms in total. The molecule has 2 amide bonds. The molecule has 0 bridgehead atoms. The quantitative estimate of drug-likeness (QED) is 0.549.